The monoisotopic (exact) mass is 162 g/mol. The van der Waals surface area contributed by atoms with Crippen molar-refractivity contribution in [3.63, 3.8) is 0 Å². The highest BCUT2D eigenvalue weighted by Gasteiger charge is 2.50. The van der Waals surface area contributed by atoms with Crippen LogP contribution in [0.3, 0.4) is 0 Å². The highest BCUT2D eigenvalue weighted by atomic mass is 16.3. The van der Waals surface area contributed by atoms with Crippen molar-refractivity contribution in [1.82, 2.24) is 0 Å². The summed E-state index contributed by atoms with van der Waals surface area (Å²) < 4.78 is 0. The molecule has 64 valence electrons. The summed E-state index contributed by atoms with van der Waals surface area (Å²) in [5.74, 6) is 0.486. The van der Waals surface area contributed by atoms with Crippen LogP contribution in [0.25, 0.3) is 0 Å². The van der Waals surface area contributed by atoms with Gasteiger partial charge in [-0.25, -0.2) is 0 Å². The maximum Gasteiger partial charge on any atom is 0.0468 e. The molecule has 2 rings (SSSR count). The second-order valence-corrected chi connectivity index (χ2v) is 3.87. The lowest BCUT2D eigenvalue weighted by atomic mass is 9.96. The molecule has 0 unspecified atom stereocenters. The van der Waals surface area contributed by atoms with E-state index in [2.05, 4.69) is 31.2 Å². The molecule has 12 heavy (non-hydrogen) atoms. The first kappa shape index (κ1) is 7.81. The van der Waals surface area contributed by atoms with Crippen molar-refractivity contribution in [1.29, 1.82) is 0 Å². The topological polar surface area (TPSA) is 20.2 Å². The molecule has 0 spiro atoms. The largest absolute Gasteiger partial charge is 0.396 e. The number of hydrogen-bond donors (Lipinski definition) is 1. The van der Waals surface area contributed by atoms with Gasteiger partial charge in [0.2, 0.25) is 0 Å². The summed E-state index contributed by atoms with van der Waals surface area (Å²) in [6, 6.07) is 10.5. The van der Waals surface area contributed by atoms with E-state index in [1.54, 1.807) is 0 Å². The smallest absolute Gasteiger partial charge is 0.0468 e. The molecular weight excluding hydrogens is 148 g/mol. The van der Waals surface area contributed by atoms with Gasteiger partial charge in [-0.15, -0.1) is 0 Å². The molecular formula is C11H14O. The lowest BCUT2D eigenvalue weighted by Gasteiger charge is -2.09. The third-order valence-electron chi connectivity index (χ3n) is 3.06. The molecule has 2 atom stereocenters. The Morgan fingerprint density at radius 2 is 2.08 bits per heavy atom. The summed E-state index contributed by atoms with van der Waals surface area (Å²) >= 11 is 0. The van der Waals surface area contributed by atoms with Gasteiger partial charge in [-0.3, -0.25) is 0 Å². The third kappa shape index (κ3) is 1.05. The number of rotatable bonds is 2. The maximum absolute atomic E-state index is 9.00. The number of hydrogen-bond acceptors (Lipinski definition) is 1. The van der Waals surface area contributed by atoms with E-state index in [4.69, 9.17) is 5.11 Å². The Hall–Kier alpha value is -0.820. The average molecular weight is 162 g/mol. The molecule has 0 saturated heterocycles. The summed E-state index contributed by atoms with van der Waals surface area (Å²) in [7, 11) is 0. The van der Waals surface area contributed by atoms with Gasteiger partial charge in [0.25, 0.3) is 0 Å². The molecule has 1 aliphatic carbocycles. The Balaban J connectivity index is 2.23. The minimum atomic E-state index is 0.260. The summed E-state index contributed by atoms with van der Waals surface area (Å²) in [6.07, 6.45) is 1.13. The molecule has 1 N–H and O–H groups in total. The molecule has 1 aromatic carbocycles. The molecule has 1 fully saturated rings. The second kappa shape index (κ2) is 2.60. The first-order chi connectivity index (χ1) is 5.77. The van der Waals surface area contributed by atoms with Crippen molar-refractivity contribution in [3.8, 4) is 0 Å². The molecule has 1 heteroatoms. The van der Waals surface area contributed by atoms with Crippen LogP contribution in [-0.2, 0) is 5.41 Å². The zero-order valence-corrected chi connectivity index (χ0v) is 7.33. The van der Waals surface area contributed by atoms with Crippen molar-refractivity contribution in [2.75, 3.05) is 6.61 Å². The highest BCUT2D eigenvalue weighted by molar-refractivity contribution is 5.32. The quantitative estimate of drug-likeness (QED) is 0.704. The van der Waals surface area contributed by atoms with E-state index >= 15 is 0 Å². The molecule has 0 heterocycles. The Morgan fingerprint density at radius 1 is 1.42 bits per heavy atom. The summed E-state index contributed by atoms with van der Waals surface area (Å²) in [4.78, 5) is 0. The standard InChI is InChI=1S/C11H14O/c1-11(7-10(11)8-12)9-5-3-2-4-6-9/h2-6,10,12H,7-8H2,1H3/t10-,11-/m1/s1. The van der Waals surface area contributed by atoms with E-state index in [1.165, 1.54) is 5.56 Å². The normalized spacial score (nSPS) is 33.3. The molecule has 0 aromatic heterocycles. The first-order valence-electron chi connectivity index (χ1n) is 4.44. The van der Waals surface area contributed by atoms with Crippen LogP contribution in [0.2, 0.25) is 0 Å². The molecule has 0 aliphatic heterocycles. The third-order valence-corrected chi connectivity index (χ3v) is 3.06. The van der Waals surface area contributed by atoms with Crippen LogP contribution in [0.5, 0.6) is 0 Å². The lowest BCUT2D eigenvalue weighted by Crippen LogP contribution is -2.05. The van der Waals surface area contributed by atoms with Gasteiger partial charge in [-0.1, -0.05) is 37.3 Å². The summed E-state index contributed by atoms with van der Waals surface area (Å²) in [6.45, 7) is 2.55. The van der Waals surface area contributed by atoms with Crippen molar-refractivity contribution in [2.45, 2.75) is 18.8 Å². The van der Waals surface area contributed by atoms with Crippen LogP contribution in [0, 0.1) is 5.92 Å². The van der Waals surface area contributed by atoms with Crippen molar-refractivity contribution in [2.24, 2.45) is 5.92 Å². The molecule has 0 radical (unpaired) electrons. The second-order valence-electron chi connectivity index (χ2n) is 3.87. The van der Waals surface area contributed by atoms with Gasteiger partial charge in [-0.05, 0) is 23.3 Å². The van der Waals surface area contributed by atoms with Gasteiger partial charge in [0.15, 0.2) is 0 Å². The Bertz CT molecular complexity index is 268. The molecule has 1 aliphatic rings. The minimum absolute atomic E-state index is 0.260. The molecule has 1 saturated carbocycles. The van der Waals surface area contributed by atoms with Crippen molar-refractivity contribution in [3.05, 3.63) is 35.9 Å². The van der Waals surface area contributed by atoms with Crippen LogP contribution in [0.1, 0.15) is 18.9 Å². The van der Waals surface area contributed by atoms with Crippen molar-refractivity contribution >= 4 is 0 Å². The lowest BCUT2D eigenvalue weighted by molar-refractivity contribution is 0.265. The van der Waals surface area contributed by atoms with Crippen LogP contribution in [-0.4, -0.2) is 11.7 Å². The van der Waals surface area contributed by atoms with Gasteiger partial charge in [0.05, 0.1) is 0 Å². The predicted molar refractivity (Wildman–Crippen MR) is 49.0 cm³/mol. The van der Waals surface area contributed by atoms with Gasteiger partial charge in [0.1, 0.15) is 0 Å². The maximum atomic E-state index is 9.00. The van der Waals surface area contributed by atoms with Crippen LogP contribution < -0.4 is 0 Å². The fourth-order valence-corrected chi connectivity index (χ4v) is 1.89. The van der Waals surface area contributed by atoms with E-state index in [9.17, 15) is 0 Å². The SMILES string of the molecule is C[C@]1(c2ccccc2)C[C@@H]1CO. The Morgan fingerprint density at radius 3 is 2.58 bits per heavy atom. The minimum Gasteiger partial charge on any atom is -0.396 e. The first-order valence-corrected chi connectivity index (χ1v) is 4.44. The molecule has 1 nitrogen and oxygen atoms in total. The van der Waals surface area contributed by atoms with E-state index in [0.29, 0.717) is 12.5 Å². The molecule has 0 bridgehead atoms. The number of aliphatic hydroxyl groups excluding tert-OH is 1. The van der Waals surface area contributed by atoms with Gasteiger partial charge in [-0.2, -0.15) is 0 Å². The van der Waals surface area contributed by atoms with E-state index in [0.717, 1.165) is 6.42 Å². The zero-order valence-electron chi connectivity index (χ0n) is 7.33. The summed E-state index contributed by atoms with van der Waals surface area (Å²) in [5.41, 5.74) is 1.62. The Labute approximate surface area is 73.0 Å². The highest BCUT2D eigenvalue weighted by Crippen LogP contribution is 2.53. The van der Waals surface area contributed by atoms with E-state index < -0.39 is 0 Å². The fourth-order valence-electron chi connectivity index (χ4n) is 1.89. The Kier molecular flexibility index (Phi) is 1.69. The zero-order chi connectivity index (χ0) is 8.60. The van der Waals surface area contributed by atoms with Gasteiger partial charge in [0, 0.05) is 6.61 Å². The van der Waals surface area contributed by atoms with E-state index in [-0.39, 0.29) is 5.41 Å². The van der Waals surface area contributed by atoms with Crippen LogP contribution in [0.15, 0.2) is 30.3 Å². The predicted octanol–water partition coefficient (Wildman–Crippen LogP) is 1.96. The van der Waals surface area contributed by atoms with E-state index in [1.807, 2.05) is 6.07 Å². The summed E-state index contributed by atoms with van der Waals surface area (Å²) in [5, 5.41) is 9.00. The van der Waals surface area contributed by atoms with Crippen LogP contribution >= 0.6 is 0 Å². The van der Waals surface area contributed by atoms with Gasteiger partial charge < -0.3 is 5.11 Å². The number of aliphatic hydroxyl groups is 1. The van der Waals surface area contributed by atoms with Crippen LogP contribution in [0.4, 0.5) is 0 Å². The van der Waals surface area contributed by atoms with Crippen molar-refractivity contribution < 1.29 is 5.11 Å². The number of benzene rings is 1. The average Bonchev–Trinajstić information content (AvgIpc) is 2.81. The van der Waals surface area contributed by atoms with Gasteiger partial charge >= 0.3 is 0 Å². The molecule has 1 aromatic rings. The fraction of sp³-hybridized carbons (Fsp3) is 0.455. The molecule has 0 amide bonds.